The van der Waals surface area contributed by atoms with E-state index in [0.29, 0.717) is 6.54 Å². The third kappa shape index (κ3) is 3.52. The molecule has 1 saturated heterocycles. The number of β-amino-alcohol motifs (C(OH)–C–C–N with tert-alkyl or cyclic N) is 1. The van der Waals surface area contributed by atoms with Crippen LogP contribution in [-0.2, 0) is 11.2 Å². The third-order valence-corrected chi connectivity index (χ3v) is 2.98. The number of rotatable bonds is 5. The average Bonchev–Trinajstić information content (AvgIpc) is 2.86. The number of nitrogens with one attached hydrogen (secondary N) is 1. The Morgan fingerprint density at radius 3 is 3.06 bits per heavy atom. The van der Waals surface area contributed by atoms with Crippen LogP contribution in [0.1, 0.15) is 19.7 Å². The Morgan fingerprint density at radius 2 is 2.41 bits per heavy atom. The molecule has 1 aliphatic heterocycles. The number of aromatic nitrogens is 2. The van der Waals surface area contributed by atoms with Crippen molar-refractivity contribution < 1.29 is 9.84 Å². The monoisotopic (exact) mass is 239 g/mol. The summed E-state index contributed by atoms with van der Waals surface area (Å²) in [7, 11) is 0. The highest BCUT2D eigenvalue weighted by Crippen LogP contribution is 2.15. The second-order valence-corrected chi connectivity index (χ2v) is 4.84. The van der Waals surface area contributed by atoms with E-state index in [1.54, 1.807) is 6.20 Å². The van der Waals surface area contributed by atoms with Crippen LogP contribution in [0, 0.1) is 0 Å². The third-order valence-electron chi connectivity index (χ3n) is 2.98. The maximum absolute atomic E-state index is 9.88. The molecule has 1 aliphatic rings. The van der Waals surface area contributed by atoms with Crippen LogP contribution >= 0.6 is 0 Å². The maximum Gasteiger partial charge on any atom is 0.107 e. The van der Waals surface area contributed by atoms with Gasteiger partial charge in [-0.3, -0.25) is 4.90 Å². The first-order chi connectivity index (χ1) is 8.15. The molecule has 96 valence electrons. The molecule has 17 heavy (non-hydrogen) atoms. The molecule has 5 nitrogen and oxygen atoms in total. The molecular formula is C12H21N3O2. The van der Waals surface area contributed by atoms with Crippen LogP contribution in [0.15, 0.2) is 12.4 Å². The number of hydrogen-bond donors (Lipinski definition) is 2. The molecule has 1 fully saturated rings. The van der Waals surface area contributed by atoms with Crippen LogP contribution < -0.4 is 0 Å². The van der Waals surface area contributed by atoms with E-state index in [4.69, 9.17) is 4.74 Å². The fourth-order valence-electron chi connectivity index (χ4n) is 2.20. The van der Waals surface area contributed by atoms with Gasteiger partial charge in [0.05, 0.1) is 18.3 Å². The summed E-state index contributed by atoms with van der Waals surface area (Å²) in [6.45, 7) is 6.40. The van der Waals surface area contributed by atoms with Gasteiger partial charge in [0.15, 0.2) is 0 Å². The first-order valence-electron chi connectivity index (χ1n) is 6.19. The van der Waals surface area contributed by atoms with E-state index < -0.39 is 0 Å². The zero-order valence-electron chi connectivity index (χ0n) is 10.5. The summed E-state index contributed by atoms with van der Waals surface area (Å²) in [6, 6.07) is 0. The average molecular weight is 239 g/mol. The Hall–Kier alpha value is -0.910. The highest BCUT2D eigenvalue weighted by molar-refractivity contribution is 4.90. The highest BCUT2D eigenvalue weighted by Gasteiger charge is 2.32. The van der Waals surface area contributed by atoms with Gasteiger partial charge in [0.2, 0.25) is 0 Å². The van der Waals surface area contributed by atoms with E-state index in [9.17, 15) is 5.11 Å². The normalized spacial score (nSPS) is 25.9. The van der Waals surface area contributed by atoms with Gasteiger partial charge in [-0.05, 0) is 13.8 Å². The van der Waals surface area contributed by atoms with E-state index in [2.05, 4.69) is 14.9 Å². The minimum atomic E-state index is -0.367. The fraction of sp³-hybridized carbons (Fsp3) is 0.750. The SMILES string of the molecule is CC(C)O[C@H]1CN(CCc2ncc[nH]2)C[C@@H]1O. The van der Waals surface area contributed by atoms with Crippen LogP contribution in [0.25, 0.3) is 0 Å². The van der Waals surface area contributed by atoms with Crippen molar-refractivity contribution in [1.82, 2.24) is 14.9 Å². The summed E-state index contributed by atoms with van der Waals surface area (Å²) < 4.78 is 5.68. The maximum atomic E-state index is 9.88. The van der Waals surface area contributed by atoms with E-state index in [0.717, 1.165) is 25.3 Å². The molecule has 5 heteroatoms. The van der Waals surface area contributed by atoms with E-state index in [-0.39, 0.29) is 18.3 Å². The molecule has 2 heterocycles. The molecular weight excluding hydrogens is 218 g/mol. The van der Waals surface area contributed by atoms with Gasteiger partial charge in [-0.15, -0.1) is 0 Å². The minimum absolute atomic E-state index is 0.0494. The topological polar surface area (TPSA) is 61.4 Å². The zero-order valence-corrected chi connectivity index (χ0v) is 10.5. The van der Waals surface area contributed by atoms with Gasteiger partial charge in [0, 0.05) is 38.4 Å². The van der Waals surface area contributed by atoms with E-state index in [1.165, 1.54) is 0 Å². The van der Waals surface area contributed by atoms with Crippen LogP contribution in [0.3, 0.4) is 0 Å². The molecule has 0 radical (unpaired) electrons. The van der Waals surface area contributed by atoms with Gasteiger partial charge in [-0.25, -0.2) is 4.98 Å². The summed E-state index contributed by atoms with van der Waals surface area (Å²) in [5, 5.41) is 9.88. The molecule has 0 spiro atoms. The smallest absolute Gasteiger partial charge is 0.107 e. The number of H-pyrrole nitrogens is 1. The van der Waals surface area contributed by atoms with E-state index >= 15 is 0 Å². The van der Waals surface area contributed by atoms with Crippen LogP contribution in [-0.4, -0.2) is 57.9 Å². The summed E-state index contributed by atoms with van der Waals surface area (Å²) in [5.41, 5.74) is 0. The van der Waals surface area contributed by atoms with Crippen molar-refractivity contribution in [3.05, 3.63) is 18.2 Å². The Balaban J connectivity index is 1.76. The largest absolute Gasteiger partial charge is 0.389 e. The van der Waals surface area contributed by atoms with Gasteiger partial charge in [-0.2, -0.15) is 0 Å². The quantitative estimate of drug-likeness (QED) is 0.782. The summed E-state index contributed by atoms with van der Waals surface area (Å²) in [6.07, 6.45) is 4.23. The van der Waals surface area contributed by atoms with Crippen molar-refractivity contribution in [3.63, 3.8) is 0 Å². The highest BCUT2D eigenvalue weighted by atomic mass is 16.5. The van der Waals surface area contributed by atoms with Crippen LogP contribution in [0.2, 0.25) is 0 Å². The van der Waals surface area contributed by atoms with Gasteiger partial charge in [-0.1, -0.05) is 0 Å². The van der Waals surface area contributed by atoms with Crippen molar-refractivity contribution in [3.8, 4) is 0 Å². The van der Waals surface area contributed by atoms with Crippen molar-refractivity contribution in [2.75, 3.05) is 19.6 Å². The van der Waals surface area contributed by atoms with Crippen molar-refractivity contribution in [2.24, 2.45) is 0 Å². The minimum Gasteiger partial charge on any atom is -0.389 e. The number of likely N-dealkylation sites (tertiary alicyclic amines) is 1. The standard InChI is InChI=1S/C12H21N3O2/c1-9(2)17-11-8-15(7-10(11)16)6-3-12-13-4-5-14-12/h4-5,9-11,16H,3,6-8H2,1-2H3,(H,13,14)/t10-,11-/m0/s1. The molecule has 0 amide bonds. The Kier molecular flexibility index (Phi) is 4.15. The summed E-state index contributed by atoms with van der Waals surface area (Å²) >= 11 is 0. The van der Waals surface area contributed by atoms with Crippen molar-refractivity contribution >= 4 is 0 Å². The van der Waals surface area contributed by atoms with Crippen LogP contribution in [0.4, 0.5) is 0 Å². The zero-order chi connectivity index (χ0) is 12.3. The number of hydrogen-bond acceptors (Lipinski definition) is 4. The van der Waals surface area contributed by atoms with Gasteiger partial charge in [0.1, 0.15) is 5.82 Å². The molecule has 2 atom stereocenters. The second kappa shape index (κ2) is 5.62. The molecule has 0 aliphatic carbocycles. The summed E-state index contributed by atoms with van der Waals surface area (Å²) in [5.74, 6) is 0.993. The van der Waals surface area contributed by atoms with E-state index in [1.807, 2.05) is 20.0 Å². The molecule has 2 N–H and O–H groups in total. The van der Waals surface area contributed by atoms with Gasteiger partial charge < -0.3 is 14.8 Å². The van der Waals surface area contributed by atoms with Gasteiger partial charge >= 0.3 is 0 Å². The Bertz CT molecular complexity index is 327. The lowest BCUT2D eigenvalue weighted by Gasteiger charge is -2.18. The van der Waals surface area contributed by atoms with Gasteiger partial charge in [0.25, 0.3) is 0 Å². The molecule has 2 rings (SSSR count). The molecule has 0 unspecified atom stereocenters. The van der Waals surface area contributed by atoms with Crippen LogP contribution in [0.5, 0.6) is 0 Å². The number of aliphatic hydroxyl groups is 1. The molecule has 0 aromatic carbocycles. The number of imidazole rings is 1. The molecule has 0 saturated carbocycles. The second-order valence-electron chi connectivity index (χ2n) is 4.84. The van der Waals surface area contributed by atoms with Crippen molar-refractivity contribution in [2.45, 2.75) is 38.6 Å². The number of aromatic amines is 1. The lowest BCUT2D eigenvalue weighted by molar-refractivity contribution is -0.0395. The first kappa shape index (κ1) is 12.5. The number of aliphatic hydroxyl groups excluding tert-OH is 1. The summed E-state index contributed by atoms with van der Waals surface area (Å²) in [4.78, 5) is 9.49. The first-order valence-corrected chi connectivity index (χ1v) is 6.19. The lowest BCUT2D eigenvalue weighted by Crippen LogP contribution is -2.29. The van der Waals surface area contributed by atoms with Crippen molar-refractivity contribution in [1.29, 1.82) is 0 Å². The number of nitrogens with zero attached hydrogens (tertiary/aromatic N) is 2. The fourth-order valence-corrected chi connectivity index (χ4v) is 2.20. The number of ether oxygens (including phenoxy) is 1. The predicted octanol–water partition coefficient (Wildman–Crippen LogP) is 0.422. The lowest BCUT2D eigenvalue weighted by atomic mass is 10.2. The Labute approximate surface area is 102 Å². The Morgan fingerprint density at radius 1 is 1.59 bits per heavy atom. The molecule has 1 aromatic heterocycles. The predicted molar refractivity (Wildman–Crippen MR) is 64.7 cm³/mol. The molecule has 1 aromatic rings. The molecule has 0 bridgehead atoms.